The highest BCUT2D eigenvalue weighted by molar-refractivity contribution is 5.96. The van der Waals surface area contributed by atoms with Gasteiger partial charge >= 0.3 is 5.97 Å². The molecule has 1 N–H and O–H groups in total. The molecule has 0 aliphatic heterocycles. The molecular weight excluding hydrogens is 376 g/mol. The van der Waals surface area contributed by atoms with E-state index in [2.05, 4.69) is 19.2 Å². The summed E-state index contributed by atoms with van der Waals surface area (Å²) in [5, 5.41) is 13.4. The van der Waals surface area contributed by atoms with E-state index in [4.69, 9.17) is 9.47 Å². The van der Waals surface area contributed by atoms with Crippen molar-refractivity contribution in [2.24, 2.45) is 0 Å². The van der Waals surface area contributed by atoms with Crippen LogP contribution < -0.4 is 10.1 Å². The van der Waals surface area contributed by atoms with E-state index in [1.165, 1.54) is 25.1 Å². The van der Waals surface area contributed by atoms with Gasteiger partial charge in [-0.15, -0.1) is 0 Å². The SMILES string of the molecule is Cc1ccc(C(C)C)cc1OCC(=O)O[C@H](C)C(=O)Nc1ccccc1[N+](=O)[O-]. The minimum absolute atomic E-state index is 0.0303. The van der Waals surface area contributed by atoms with Crippen LogP contribution in [0, 0.1) is 17.0 Å². The molecule has 8 nitrogen and oxygen atoms in total. The van der Waals surface area contributed by atoms with Gasteiger partial charge in [0.15, 0.2) is 12.7 Å². The average molecular weight is 400 g/mol. The fraction of sp³-hybridized carbons (Fsp3) is 0.333. The van der Waals surface area contributed by atoms with Gasteiger partial charge in [0.25, 0.3) is 11.6 Å². The van der Waals surface area contributed by atoms with E-state index < -0.39 is 22.9 Å². The molecule has 0 saturated heterocycles. The van der Waals surface area contributed by atoms with Crippen molar-refractivity contribution in [2.75, 3.05) is 11.9 Å². The number of esters is 1. The van der Waals surface area contributed by atoms with Gasteiger partial charge in [-0.1, -0.05) is 38.1 Å². The standard InChI is InChI=1S/C21H24N2O6/c1-13(2)16-10-9-14(3)19(11-16)28-12-20(24)29-15(4)21(25)22-17-7-5-6-8-18(17)23(26)27/h5-11,13,15H,12H2,1-4H3,(H,22,25)/t15-/m1/s1. The summed E-state index contributed by atoms with van der Waals surface area (Å²) in [6.07, 6.45) is -1.14. The molecular formula is C21H24N2O6. The number of carbonyl (C=O) groups is 2. The van der Waals surface area contributed by atoms with Crippen molar-refractivity contribution >= 4 is 23.3 Å². The first-order valence-corrected chi connectivity index (χ1v) is 9.16. The van der Waals surface area contributed by atoms with Crippen LogP contribution in [0.25, 0.3) is 0 Å². The Morgan fingerprint density at radius 3 is 2.48 bits per heavy atom. The average Bonchev–Trinajstić information content (AvgIpc) is 2.67. The van der Waals surface area contributed by atoms with Gasteiger partial charge in [0, 0.05) is 6.07 Å². The summed E-state index contributed by atoms with van der Waals surface area (Å²) in [4.78, 5) is 34.7. The van der Waals surface area contributed by atoms with Crippen LogP contribution in [0.1, 0.15) is 37.8 Å². The van der Waals surface area contributed by atoms with E-state index in [9.17, 15) is 19.7 Å². The lowest BCUT2D eigenvalue weighted by molar-refractivity contribution is -0.383. The molecule has 2 aromatic rings. The second-order valence-corrected chi connectivity index (χ2v) is 6.86. The number of nitro groups is 1. The Balaban J connectivity index is 1.93. The van der Waals surface area contributed by atoms with Gasteiger partial charge in [0.2, 0.25) is 0 Å². The lowest BCUT2D eigenvalue weighted by Gasteiger charge is -2.15. The summed E-state index contributed by atoms with van der Waals surface area (Å²) < 4.78 is 10.6. The molecule has 0 heterocycles. The first kappa shape index (κ1) is 21.9. The number of para-hydroxylation sites is 2. The predicted molar refractivity (Wildman–Crippen MR) is 108 cm³/mol. The van der Waals surface area contributed by atoms with Crippen LogP contribution >= 0.6 is 0 Å². The number of hydrogen-bond acceptors (Lipinski definition) is 6. The molecule has 1 atom stereocenters. The Kier molecular flexibility index (Phi) is 7.30. The minimum atomic E-state index is -1.14. The number of nitro benzene ring substituents is 1. The number of benzene rings is 2. The van der Waals surface area contributed by atoms with Crippen LogP contribution in [-0.4, -0.2) is 29.5 Å². The molecule has 0 radical (unpaired) electrons. The fourth-order valence-electron chi connectivity index (χ4n) is 2.53. The zero-order chi connectivity index (χ0) is 21.6. The summed E-state index contributed by atoms with van der Waals surface area (Å²) in [5.41, 5.74) is 1.74. The summed E-state index contributed by atoms with van der Waals surface area (Å²) >= 11 is 0. The number of rotatable bonds is 8. The van der Waals surface area contributed by atoms with Gasteiger partial charge in [0.05, 0.1) is 4.92 Å². The van der Waals surface area contributed by atoms with Crippen LogP contribution in [0.5, 0.6) is 5.75 Å². The van der Waals surface area contributed by atoms with Crippen molar-refractivity contribution in [2.45, 2.75) is 39.7 Å². The minimum Gasteiger partial charge on any atom is -0.482 e. The van der Waals surface area contributed by atoms with Crippen LogP contribution in [0.2, 0.25) is 0 Å². The van der Waals surface area contributed by atoms with E-state index in [1.54, 1.807) is 6.07 Å². The number of amides is 1. The molecule has 0 aliphatic carbocycles. The van der Waals surface area contributed by atoms with Gasteiger partial charge in [-0.05, 0) is 43.0 Å². The van der Waals surface area contributed by atoms with Crippen molar-refractivity contribution < 1.29 is 24.0 Å². The van der Waals surface area contributed by atoms with Gasteiger partial charge in [0.1, 0.15) is 11.4 Å². The lowest BCUT2D eigenvalue weighted by Crippen LogP contribution is -2.31. The molecule has 8 heteroatoms. The molecule has 2 rings (SSSR count). The molecule has 29 heavy (non-hydrogen) atoms. The van der Waals surface area contributed by atoms with Gasteiger partial charge < -0.3 is 14.8 Å². The second kappa shape index (κ2) is 9.68. The zero-order valence-electron chi connectivity index (χ0n) is 16.8. The smallest absolute Gasteiger partial charge is 0.344 e. The topological polar surface area (TPSA) is 108 Å². The van der Waals surface area contributed by atoms with Crippen LogP contribution in [0.15, 0.2) is 42.5 Å². The highest BCUT2D eigenvalue weighted by atomic mass is 16.6. The van der Waals surface area contributed by atoms with Crippen molar-refractivity contribution in [1.29, 1.82) is 0 Å². The third kappa shape index (κ3) is 6.03. The Morgan fingerprint density at radius 1 is 1.14 bits per heavy atom. The lowest BCUT2D eigenvalue weighted by atomic mass is 10.0. The molecule has 0 aliphatic rings. The molecule has 0 fully saturated rings. The molecule has 0 aromatic heterocycles. The van der Waals surface area contributed by atoms with Crippen molar-refractivity contribution in [3.8, 4) is 5.75 Å². The number of hydrogen-bond donors (Lipinski definition) is 1. The summed E-state index contributed by atoms with van der Waals surface area (Å²) in [5.74, 6) is -0.504. The Hall–Kier alpha value is -3.42. The van der Waals surface area contributed by atoms with Crippen LogP contribution in [-0.2, 0) is 14.3 Å². The summed E-state index contributed by atoms with van der Waals surface area (Å²) in [6.45, 7) is 7.01. The molecule has 1 amide bonds. The number of nitrogens with zero attached hydrogens (tertiary/aromatic N) is 1. The number of ether oxygens (including phenoxy) is 2. The van der Waals surface area contributed by atoms with E-state index in [0.717, 1.165) is 11.1 Å². The molecule has 154 valence electrons. The Bertz CT molecular complexity index is 910. The normalized spacial score (nSPS) is 11.6. The molecule has 0 bridgehead atoms. The second-order valence-electron chi connectivity index (χ2n) is 6.86. The quantitative estimate of drug-likeness (QED) is 0.408. The highest BCUT2D eigenvalue weighted by Crippen LogP contribution is 2.25. The van der Waals surface area contributed by atoms with Crippen LogP contribution in [0.3, 0.4) is 0 Å². The van der Waals surface area contributed by atoms with Crippen molar-refractivity contribution in [3.63, 3.8) is 0 Å². The largest absolute Gasteiger partial charge is 0.482 e. The maximum atomic E-state index is 12.2. The number of aryl methyl sites for hydroxylation is 1. The number of anilines is 1. The number of nitrogens with one attached hydrogen (secondary N) is 1. The molecule has 2 aromatic carbocycles. The van der Waals surface area contributed by atoms with Gasteiger partial charge in [-0.25, -0.2) is 4.79 Å². The molecule has 0 saturated carbocycles. The fourth-order valence-corrected chi connectivity index (χ4v) is 2.53. The predicted octanol–water partition coefficient (Wildman–Crippen LogP) is 3.98. The van der Waals surface area contributed by atoms with E-state index >= 15 is 0 Å². The van der Waals surface area contributed by atoms with Gasteiger partial charge in [-0.2, -0.15) is 0 Å². The first-order chi connectivity index (χ1) is 13.7. The van der Waals surface area contributed by atoms with Crippen molar-refractivity contribution in [3.05, 3.63) is 63.7 Å². The first-order valence-electron chi connectivity index (χ1n) is 9.16. The van der Waals surface area contributed by atoms with Crippen molar-refractivity contribution in [1.82, 2.24) is 0 Å². The molecule has 0 unspecified atom stereocenters. The third-order valence-corrected chi connectivity index (χ3v) is 4.26. The Labute approximate surface area is 169 Å². The van der Waals surface area contributed by atoms with Crippen LogP contribution in [0.4, 0.5) is 11.4 Å². The monoisotopic (exact) mass is 400 g/mol. The summed E-state index contributed by atoms with van der Waals surface area (Å²) in [7, 11) is 0. The van der Waals surface area contributed by atoms with Gasteiger partial charge in [-0.3, -0.25) is 14.9 Å². The van der Waals surface area contributed by atoms with E-state index in [0.29, 0.717) is 11.7 Å². The third-order valence-electron chi connectivity index (χ3n) is 4.26. The van der Waals surface area contributed by atoms with E-state index in [1.807, 2.05) is 25.1 Å². The highest BCUT2D eigenvalue weighted by Gasteiger charge is 2.22. The van der Waals surface area contributed by atoms with E-state index in [-0.39, 0.29) is 18.0 Å². The summed E-state index contributed by atoms with van der Waals surface area (Å²) in [6, 6.07) is 11.5. The maximum Gasteiger partial charge on any atom is 0.344 e. The number of carbonyl (C=O) groups excluding carboxylic acids is 2. The molecule has 0 spiro atoms. The Morgan fingerprint density at radius 2 is 1.83 bits per heavy atom. The zero-order valence-corrected chi connectivity index (χ0v) is 16.8. The maximum absolute atomic E-state index is 12.2.